The molecule has 3 nitrogen and oxygen atoms in total. The van der Waals surface area contributed by atoms with E-state index in [1.165, 1.54) is 0 Å². The molecule has 1 aromatic carbocycles. The lowest BCUT2D eigenvalue weighted by atomic mass is 10.0. The summed E-state index contributed by atoms with van der Waals surface area (Å²) >= 11 is 0. The second kappa shape index (κ2) is 6.23. The van der Waals surface area contributed by atoms with Gasteiger partial charge in [0.05, 0.1) is 21.3 Å². The predicted octanol–water partition coefficient (Wildman–Crippen LogP) is 3.40. The smallest absolute Gasteiger partial charge is 0.336 e. The average Bonchev–Trinajstić information content (AvgIpc) is 2.35. The Morgan fingerprint density at radius 3 is 2.32 bits per heavy atom. The zero-order valence-electron chi connectivity index (χ0n) is 10.9. The van der Waals surface area contributed by atoms with Gasteiger partial charge in [0.25, 0.3) is 6.43 Å². The van der Waals surface area contributed by atoms with Crippen LogP contribution < -0.4 is 0 Å². The fraction of sp³-hybridized carbons (Fsp3) is 0.462. The molecule has 19 heavy (non-hydrogen) atoms. The quantitative estimate of drug-likeness (QED) is 0.904. The molecule has 0 aromatic heterocycles. The van der Waals surface area contributed by atoms with E-state index in [0.29, 0.717) is 0 Å². The van der Waals surface area contributed by atoms with Gasteiger partial charge in [-0.15, -0.1) is 0 Å². The first kappa shape index (κ1) is 15.8. The molecule has 0 unspecified atom stereocenters. The molecule has 0 radical (unpaired) electrons. The molecule has 0 spiro atoms. The van der Waals surface area contributed by atoms with E-state index < -0.39 is 23.2 Å². The largest absolute Gasteiger partial charge is 0.478 e. The third-order valence-corrected chi connectivity index (χ3v) is 4.48. The summed E-state index contributed by atoms with van der Waals surface area (Å²) in [5.41, 5.74) is -0.165. The molecule has 0 amide bonds. The van der Waals surface area contributed by atoms with Crippen molar-refractivity contribution in [2.75, 3.05) is 0 Å². The SMILES string of the molecule is CCc1c(C(=O)O)ccc(C(F)F)c1[S@](=O)C(C)C. The number of aromatic carboxylic acids is 1. The fourth-order valence-corrected chi connectivity index (χ4v) is 3.20. The summed E-state index contributed by atoms with van der Waals surface area (Å²) in [5.74, 6) is -1.19. The Labute approximate surface area is 113 Å². The molecule has 0 bridgehead atoms. The second-order valence-corrected chi connectivity index (χ2v) is 6.26. The van der Waals surface area contributed by atoms with Gasteiger partial charge in [0, 0.05) is 10.8 Å². The van der Waals surface area contributed by atoms with E-state index in [-0.39, 0.29) is 33.3 Å². The van der Waals surface area contributed by atoms with Crippen LogP contribution in [0.5, 0.6) is 0 Å². The van der Waals surface area contributed by atoms with E-state index in [1.54, 1.807) is 20.8 Å². The minimum Gasteiger partial charge on any atom is -0.478 e. The van der Waals surface area contributed by atoms with Crippen LogP contribution in [0.3, 0.4) is 0 Å². The molecule has 0 fully saturated rings. The lowest BCUT2D eigenvalue weighted by molar-refractivity contribution is 0.0694. The second-order valence-electron chi connectivity index (χ2n) is 4.32. The first-order chi connectivity index (χ1) is 8.81. The molecule has 106 valence electrons. The first-order valence-electron chi connectivity index (χ1n) is 5.89. The number of carboxylic acid groups (broad SMARTS) is 1. The van der Waals surface area contributed by atoms with E-state index >= 15 is 0 Å². The van der Waals surface area contributed by atoms with E-state index in [1.807, 2.05) is 0 Å². The van der Waals surface area contributed by atoms with Crippen molar-refractivity contribution in [1.29, 1.82) is 0 Å². The lowest BCUT2D eigenvalue weighted by Gasteiger charge is -2.17. The number of halogens is 2. The summed E-state index contributed by atoms with van der Waals surface area (Å²) in [6.45, 7) is 4.97. The van der Waals surface area contributed by atoms with Crippen LogP contribution in [-0.2, 0) is 17.2 Å². The van der Waals surface area contributed by atoms with Crippen LogP contribution in [0, 0.1) is 0 Å². The Morgan fingerprint density at radius 2 is 1.95 bits per heavy atom. The number of hydrogen-bond donors (Lipinski definition) is 1. The maximum atomic E-state index is 13.0. The van der Waals surface area contributed by atoms with Gasteiger partial charge in [-0.25, -0.2) is 13.6 Å². The van der Waals surface area contributed by atoms with Gasteiger partial charge in [0.15, 0.2) is 0 Å². The Bertz CT molecular complexity index is 513. The third kappa shape index (κ3) is 3.18. The molecule has 0 aliphatic heterocycles. The number of hydrogen-bond acceptors (Lipinski definition) is 2. The summed E-state index contributed by atoms with van der Waals surface area (Å²) in [6, 6.07) is 2.21. The van der Waals surface area contributed by atoms with Crippen molar-refractivity contribution in [3.63, 3.8) is 0 Å². The normalized spacial score (nSPS) is 13.0. The summed E-state index contributed by atoms with van der Waals surface area (Å²) < 4.78 is 38.2. The van der Waals surface area contributed by atoms with Gasteiger partial charge in [-0.2, -0.15) is 0 Å². The predicted molar refractivity (Wildman–Crippen MR) is 69.3 cm³/mol. The molecular weight excluding hydrogens is 274 g/mol. The molecule has 0 saturated carbocycles. The van der Waals surface area contributed by atoms with Crippen LogP contribution in [-0.4, -0.2) is 20.5 Å². The summed E-state index contributed by atoms with van der Waals surface area (Å²) in [4.78, 5) is 11.1. The van der Waals surface area contributed by atoms with Gasteiger partial charge in [-0.05, 0) is 18.1 Å². The Hall–Kier alpha value is -1.30. The molecule has 0 heterocycles. The highest BCUT2D eigenvalue weighted by molar-refractivity contribution is 7.85. The monoisotopic (exact) mass is 290 g/mol. The van der Waals surface area contributed by atoms with Crippen molar-refractivity contribution in [2.45, 2.75) is 43.8 Å². The standard InChI is InChI=1S/C13H16F2O3S/c1-4-8-9(13(16)17)5-6-10(12(14)15)11(8)19(18)7(2)3/h5-7,12H,4H2,1-3H3,(H,16,17)/t19-/m1/s1. The molecule has 1 rings (SSSR count). The van der Waals surface area contributed by atoms with Crippen LogP contribution >= 0.6 is 0 Å². The number of alkyl halides is 2. The molecule has 0 aliphatic carbocycles. The van der Waals surface area contributed by atoms with Crippen molar-refractivity contribution in [1.82, 2.24) is 0 Å². The molecule has 0 saturated heterocycles. The Morgan fingerprint density at radius 1 is 1.37 bits per heavy atom. The minimum atomic E-state index is -2.77. The van der Waals surface area contributed by atoms with Crippen molar-refractivity contribution >= 4 is 16.8 Å². The Balaban J connectivity index is 3.64. The third-order valence-electron chi connectivity index (χ3n) is 2.74. The average molecular weight is 290 g/mol. The zero-order chi connectivity index (χ0) is 14.7. The Kier molecular flexibility index (Phi) is 5.17. The van der Waals surface area contributed by atoms with Crippen molar-refractivity contribution in [3.05, 3.63) is 28.8 Å². The van der Waals surface area contributed by atoms with Crippen LogP contribution in [0.2, 0.25) is 0 Å². The van der Waals surface area contributed by atoms with Crippen LogP contribution in [0.25, 0.3) is 0 Å². The van der Waals surface area contributed by atoms with Gasteiger partial charge in [0.1, 0.15) is 0 Å². The van der Waals surface area contributed by atoms with Gasteiger partial charge < -0.3 is 5.11 Å². The molecule has 1 aromatic rings. The summed E-state index contributed by atoms with van der Waals surface area (Å²) in [7, 11) is -1.65. The summed E-state index contributed by atoms with van der Waals surface area (Å²) in [5, 5.41) is 8.73. The van der Waals surface area contributed by atoms with Crippen molar-refractivity contribution < 1.29 is 22.9 Å². The minimum absolute atomic E-state index is 0.0209. The van der Waals surface area contributed by atoms with Crippen molar-refractivity contribution in [3.8, 4) is 0 Å². The first-order valence-corrected chi connectivity index (χ1v) is 7.10. The molecule has 0 aliphatic rings. The van der Waals surface area contributed by atoms with Gasteiger partial charge in [-0.1, -0.05) is 26.8 Å². The lowest BCUT2D eigenvalue weighted by Crippen LogP contribution is -2.15. The van der Waals surface area contributed by atoms with Gasteiger partial charge >= 0.3 is 5.97 Å². The van der Waals surface area contributed by atoms with E-state index in [4.69, 9.17) is 5.11 Å². The maximum Gasteiger partial charge on any atom is 0.336 e. The van der Waals surface area contributed by atoms with Gasteiger partial charge in [-0.3, -0.25) is 4.21 Å². The van der Waals surface area contributed by atoms with Crippen LogP contribution in [0.4, 0.5) is 8.78 Å². The highest BCUT2D eigenvalue weighted by Crippen LogP contribution is 2.32. The fourth-order valence-electron chi connectivity index (χ4n) is 1.84. The number of benzene rings is 1. The molecule has 1 atom stereocenters. The molecular formula is C13H16F2O3S. The van der Waals surface area contributed by atoms with Crippen molar-refractivity contribution in [2.24, 2.45) is 0 Å². The van der Waals surface area contributed by atoms with E-state index in [2.05, 4.69) is 0 Å². The maximum absolute atomic E-state index is 13.0. The molecule has 6 heteroatoms. The van der Waals surface area contributed by atoms with E-state index in [0.717, 1.165) is 12.1 Å². The number of carboxylic acids is 1. The van der Waals surface area contributed by atoms with Crippen LogP contribution in [0.15, 0.2) is 17.0 Å². The topological polar surface area (TPSA) is 54.4 Å². The zero-order valence-corrected chi connectivity index (χ0v) is 11.8. The molecule has 1 N–H and O–H groups in total. The number of carbonyl (C=O) groups is 1. The highest BCUT2D eigenvalue weighted by atomic mass is 32.2. The van der Waals surface area contributed by atoms with E-state index in [9.17, 15) is 17.8 Å². The summed E-state index contributed by atoms with van der Waals surface area (Å²) in [6.07, 6.45) is -2.53. The highest BCUT2D eigenvalue weighted by Gasteiger charge is 2.25. The van der Waals surface area contributed by atoms with Crippen LogP contribution in [0.1, 0.15) is 48.7 Å². The van der Waals surface area contributed by atoms with Gasteiger partial charge in [0.2, 0.25) is 0 Å². The number of rotatable bonds is 5.